The Morgan fingerprint density at radius 2 is 1.55 bits per heavy atom. The van der Waals surface area contributed by atoms with E-state index in [9.17, 15) is 4.79 Å². The maximum atomic E-state index is 12.1. The van der Waals surface area contributed by atoms with E-state index in [4.69, 9.17) is 4.99 Å². The first-order chi connectivity index (χ1) is 14.8. The molecule has 0 radical (unpaired) electrons. The highest BCUT2D eigenvalue weighted by molar-refractivity contribution is 14.0. The van der Waals surface area contributed by atoms with Crippen LogP contribution < -0.4 is 16.0 Å². The first-order valence-electron chi connectivity index (χ1n) is 10.9. The van der Waals surface area contributed by atoms with Gasteiger partial charge in [-0.25, -0.2) is 0 Å². The number of benzene rings is 2. The lowest BCUT2D eigenvalue weighted by Gasteiger charge is -2.27. The molecule has 0 aromatic heterocycles. The highest BCUT2D eigenvalue weighted by Gasteiger charge is 2.23. The van der Waals surface area contributed by atoms with Gasteiger partial charge in [-0.2, -0.15) is 0 Å². The van der Waals surface area contributed by atoms with Gasteiger partial charge in [0, 0.05) is 25.2 Å². The van der Waals surface area contributed by atoms with Gasteiger partial charge in [-0.15, -0.1) is 24.0 Å². The van der Waals surface area contributed by atoms with Crippen molar-refractivity contribution < 1.29 is 4.79 Å². The normalized spacial score (nSPS) is 15.1. The van der Waals surface area contributed by atoms with Crippen molar-refractivity contribution in [3.63, 3.8) is 0 Å². The minimum absolute atomic E-state index is 0. The summed E-state index contributed by atoms with van der Waals surface area (Å²) in [5.74, 6) is 0.726. The summed E-state index contributed by atoms with van der Waals surface area (Å²) in [6.07, 6.45) is 2.51. The summed E-state index contributed by atoms with van der Waals surface area (Å²) >= 11 is 0. The van der Waals surface area contributed by atoms with Crippen LogP contribution in [-0.2, 0) is 0 Å². The second kappa shape index (κ2) is 14.0. The summed E-state index contributed by atoms with van der Waals surface area (Å²) in [6.45, 7) is 6.97. The number of aliphatic imine (C=N–C) groups is 1. The predicted molar refractivity (Wildman–Crippen MR) is 138 cm³/mol. The number of halogens is 1. The first kappa shape index (κ1) is 25.1. The van der Waals surface area contributed by atoms with Crippen LogP contribution in [0.15, 0.2) is 65.7 Å². The molecule has 0 saturated carbocycles. The molecule has 31 heavy (non-hydrogen) atoms. The minimum Gasteiger partial charge on any atom is -0.357 e. The largest absolute Gasteiger partial charge is 0.357 e. The fourth-order valence-corrected chi connectivity index (χ4v) is 3.73. The minimum atomic E-state index is -0.0579. The molecule has 1 unspecified atom stereocenters. The van der Waals surface area contributed by atoms with Gasteiger partial charge in [0.15, 0.2) is 5.96 Å². The van der Waals surface area contributed by atoms with Crippen LogP contribution >= 0.6 is 24.0 Å². The molecule has 0 spiro atoms. The number of likely N-dealkylation sites (tertiary alicyclic amines) is 1. The number of amides is 1. The molecule has 1 saturated heterocycles. The Balaban J connectivity index is 0.00000341. The summed E-state index contributed by atoms with van der Waals surface area (Å²) in [5.41, 5.74) is 1.99. The third-order valence-electron chi connectivity index (χ3n) is 5.27. The second-order valence-corrected chi connectivity index (χ2v) is 7.44. The van der Waals surface area contributed by atoms with E-state index in [1.54, 1.807) is 0 Å². The molecular formula is C24H34IN5O. The van der Waals surface area contributed by atoms with Crippen molar-refractivity contribution in [2.45, 2.75) is 25.8 Å². The van der Waals surface area contributed by atoms with Crippen molar-refractivity contribution in [2.75, 3.05) is 39.3 Å². The molecule has 3 rings (SSSR count). The van der Waals surface area contributed by atoms with Crippen molar-refractivity contribution in [2.24, 2.45) is 4.99 Å². The summed E-state index contributed by atoms with van der Waals surface area (Å²) in [6, 6.07) is 20.2. The van der Waals surface area contributed by atoms with E-state index in [0.29, 0.717) is 31.2 Å². The van der Waals surface area contributed by atoms with Crippen LogP contribution in [0, 0.1) is 0 Å². The van der Waals surface area contributed by atoms with Crippen LogP contribution in [0.2, 0.25) is 0 Å². The molecule has 2 aromatic carbocycles. The van der Waals surface area contributed by atoms with Crippen molar-refractivity contribution in [1.82, 2.24) is 20.9 Å². The van der Waals surface area contributed by atoms with E-state index in [-0.39, 0.29) is 29.9 Å². The van der Waals surface area contributed by atoms with E-state index < -0.39 is 0 Å². The molecular weight excluding hydrogens is 501 g/mol. The maximum Gasteiger partial charge on any atom is 0.251 e. The van der Waals surface area contributed by atoms with Crippen molar-refractivity contribution in [1.29, 1.82) is 0 Å². The third-order valence-corrected chi connectivity index (χ3v) is 5.27. The average molecular weight is 535 g/mol. The Bertz CT molecular complexity index is 794. The Morgan fingerprint density at radius 3 is 2.19 bits per heavy atom. The molecule has 1 amide bonds. The van der Waals surface area contributed by atoms with E-state index >= 15 is 0 Å². The molecule has 0 bridgehead atoms. The number of hydrogen-bond acceptors (Lipinski definition) is 3. The number of guanidine groups is 1. The molecule has 1 aliphatic rings. The van der Waals surface area contributed by atoms with Crippen LogP contribution in [0.1, 0.15) is 41.7 Å². The quantitative estimate of drug-likeness (QED) is 0.199. The molecule has 7 heteroatoms. The van der Waals surface area contributed by atoms with Crippen LogP contribution in [-0.4, -0.2) is 56.0 Å². The summed E-state index contributed by atoms with van der Waals surface area (Å²) in [5, 5.41) is 9.58. The summed E-state index contributed by atoms with van der Waals surface area (Å²) < 4.78 is 0. The highest BCUT2D eigenvalue weighted by atomic mass is 127. The predicted octanol–water partition coefficient (Wildman–Crippen LogP) is 3.43. The van der Waals surface area contributed by atoms with Gasteiger partial charge in [0.05, 0.1) is 12.6 Å². The van der Waals surface area contributed by atoms with Gasteiger partial charge in [-0.05, 0) is 50.6 Å². The van der Waals surface area contributed by atoms with Crippen molar-refractivity contribution >= 4 is 35.8 Å². The standard InChI is InChI=1S/C24H33N5O.HI/c1-2-25-24(27-16-15-26-23(30)21-13-7-4-8-14-21)28-19-22(29-17-9-10-18-29)20-11-5-3-6-12-20;/h3-8,11-14,22H,2,9-10,15-19H2,1H3,(H,26,30)(H2,25,27,28);1H. The average Bonchev–Trinajstić information content (AvgIpc) is 3.32. The number of rotatable bonds is 9. The zero-order valence-electron chi connectivity index (χ0n) is 18.2. The Kier molecular flexibility index (Phi) is 11.4. The van der Waals surface area contributed by atoms with Gasteiger partial charge in [0.1, 0.15) is 0 Å². The molecule has 6 nitrogen and oxygen atoms in total. The Morgan fingerprint density at radius 1 is 0.935 bits per heavy atom. The van der Waals surface area contributed by atoms with Gasteiger partial charge in [-0.3, -0.25) is 14.7 Å². The second-order valence-electron chi connectivity index (χ2n) is 7.44. The molecule has 1 fully saturated rings. The van der Waals surface area contributed by atoms with Gasteiger partial charge < -0.3 is 16.0 Å². The van der Waals surface area contributed by atoms with E-state index in [0.717, 1.165) is 25.6 Å². The Hall–Kier alpha value is -2.13. The number of carbonyl (C=O) groups excluding carboxylic acids is 1. The van der Waals surface area contributed by atoms with Crippen molar-refractivity contribution in [3.05, 3.63) is 71.8 Å². The lowest BCUT2D eigenvalue weighted by atomic mass is 10.1. The van der Waals surface area contributed by atoms with Crippen LogP contribution in [0.3, 0.4) is 0 Å². The van der Waals surface area contributed by atoms with Gasteiger partial charge >= 0.3 is 0 Å². The smallest absolute Gasteiger partial charge is 0.251 e. The number of nitrogens with zero attached hydrogens (tertiary/aromatic N) is 2. The first-order valence-corrected chi connectivity index (χ1v) is 10.9. The number of hydrogen-bond donors (Lipinski definition) is 3. The SMILES string of the molecule is CCNC(=NCC(c1ccccc1)N1CCCC1)NCCNC(=O)c1ccccc1.I. The van der Waals surface area contributed by atoms with Crippen LogP contribution in [0.5, 0.6) is 0 Å². The van der Waals surface area contributed by atoms with Gasteiger partial charge in [0.2, 0.25) is 0 Å². The third kappa shape index (κ3) is 8.14. The molecule has 2 aromatic rings. The van der Waals surface area contributed by atoms with Gasteiger partial charge in [-0.1, -0.05) is 48.5 Å². The lowest BCUT2D eigenvalue weighted by Crippen LogP contribution is -2.42. The van der Waals surface area contributed by atoms with E-state index in [2.05, 4.69) is 58.1 Å². The lowest BCUT2D eigenvalue weighted by molar-refractivity contribution is 0.0954. The fraction of sp³-hybridized carbons (Fsp3) is 0.417. The van der Waals surface area contributed by atoms with Crippen LogP contribution in [0.4, 0.5) is 0 Å². The molecule has 3 N–H and O–H groups in total. The molecule has 168 valence electrons. The molecule has 0 aliphatic carbocycles. The maximum absolute atomic E-state index is 12.1. The number of carbonyl (C=O) groups is 1. The Labute approximate surface area is 202 Å². The van der Waals surface area contributed by atoms with Gasteiger partial charge in [0.25, 0.3) is 5.91 Å². The summed E-state index contributed by atoms with van der Waals surface area (Å²) in [4.78, 5) is 19.5. The highest BCUT2D eigenvalue weighted by Crippen LogP contribution is 2.25. The fourth-order valence-electron chi connectivity index (χ4n) is 3.73. The van der Waals surface area contributed by atoms with E-state index in [1.165, 1.54) is 18.4 Å². The molecule has 1 atom stereocenters. The molecule has 1 aliphatic heterocycles. The summed E-state index contributed by atoms with van der Waals surface area (Å²) in [7, 11) is 0. The van der Waals surface area contributed by atoms with Crippen molar-refractivity contribution in [3.8, 4) is 0 Å². The monoisotopic (exact) mass is 535 g/mol. The zero-order valence-corrected chi connectivity index (χ0v) is 20.5. The zero-order chi connectivity index (χ0) is 21.0. The number of nitrogens with one attached hydrogen (secondary N) is 3. The van der Waals surface area contributed by atoms with E-state index in [1.807, 2.05) is 30.3 Å². The topological polar surface area (TPSA) is 68.8 Å². The van der Waals surface area contributed by atoms with Crippen LogP contribution in [0.25, 0.3) is 0 Å². The molecule has 1 heterocycles.